The Kier molecular flexibility index (Phi) is 3.63. The van der Waals surface area contributed by atoms with Crippen LogP contribution in [0, 0.1) is 29.0 Å². The second-order valence-corrected chi connectivity index (χ2v) is 4.47. The Morgan fingerprint density at radius 3 is 2.55 bits per heavy atom. The first-order chi connectivity index (χ1) is 10.7. The fourth-order valence-electron chi connectivity index (χ4n) is 1.88. The molecule has 0 bridgehead atoms. The van der Waals surface area contributed by atoms with Gasteiger partial charge in [0, 0.05) is 24.2 Å². The van der Waals surface area contributed by atoms with E-state index in [-0.39, 0.29) is 5.56 Å². The van der Waals surface area contributed by atoms with Crippen LogP contribution >= 0.6 is 0 Å². The largest absolute Gasteiger partial charge is 0.265 e. The normalized spacial score (nSPS) is 9.64. The lowest BCUT2D eigenvalue weighted by Crippen LogP contribution is -1.96. The van der Waals surface area contributed by atoms with Crippen molar-refractivity contribution in [3.8, 4) is 23.6 Å². The SMILES string of the molecule is N#Cc1cc(F)cc(-n2cc(C#Cc3ccncc3)cn2)c1. The van der Waals surface area contributed by atoms with E-state index in [1.807, 2.05) is 18.2 Å². The van der Waals surface area contributed by atoms with Crippen LogP contribution in [-0.4, -0.2) is 14.8 Å². The number of pyridine rings is 1. The molecule has 0 spiro atoms. The molecule has 22 heavy (non-hydrogen) atoms. The topological polar surface area (TPSA) is 54.5 Å². The predicted octanol–water partition coefficient (Wildman–Crippen LogP) is 2.68. The molecule has 0 saturated heterocycles. The Hall–Kier alpha value is -3.44. The average Bonchev–Trinajstić information content (AvgIpc) is 3.02. The second-order valence-electron chi connectivity index (χ2n) is 4.47. The Morgan fingerprint density at radius 1 is 1.00 bits per heavy atom. The van der Waals surface area contributed by atoms with E-state index in [4.69, 9.17) is 5.26 Å². The minimum absolute atomic E-state index is 0.245. The zero-order valence-electron chi connectivity index (χ0n) is 11.4. The summed E-state index contributed by atoms with van der Waals surface area (Å²) in [5.41, 5.74) is 2.27. The van der Waals surface area contributed by atoms with Crippen molar-refractivity contribution in [2.75, 3.05) is 0 Å². The van der Waals surface area contributed by atoms with Gasteiger partial charge in [-0.2, -0.15) is 10.4 Å². The van der Waals surface area contributed by atoms with Crippen molar-refractivity contribution in [1.29, 1.82) is 5.26 Å². The third kappa shape index (κ3) is 3.00. The van der Waals surface area contributed by atoms with Gasteiger partial charge >= 0.3 is 0 Å². The molecule has 0 aliphatic heterocycles. The smallest absolute Gasteiger partial charge is 0.126 e. The first kappa shape index (κ1) is 13.5. The van der Waals surface area contributed by atoms with Crippen molar-refractivity contribution in [3.05, 3.63) is 77.6 Å². The molecular formula is C17H9FN4. The van der Waals surface area contributed by atoms with Crippen LogP contribution < -0.4 is 0 Å². The van der Waals surface area contributed by atoms with E-state index in [9.17, 15) is 4.39 Å². The molecule has 104 valence electrons. The standard InChI is InChI=1S/C17H9FN4/c18-16-7-15(10-19)8-17(9-16)22-12-14(11-21-22)2-1-13-3-5-20-6-4-13/h3-9,11-12H. The molecule has 3 rings (SSSR count). The zero-order chi connectivity index (χ0) is 15.4. The second kappa shape index (κ2) is 5.90. The lowest BCUT2D eigenvalue weighted by Gasteiger charge is -2.01. The molecule has 3 aromatic rings. The fourth-order valence-corrected chi connectivity index (χ4v) is 1.88. The first-order valence-corrected chi connectivity index (χ1v) is 6.42. The third-order valence-electron chi connectivity index (χ3n) is 2.89. The Bertz CT molecular complexity index is 911. The summed E-state index contributed by atoms with van der Waals surface area (Å²) >= 11 is 0. The van der Waals surface area contributed by atoms with Gasteiger partial charge < -0.3 is 0 Å². The molecular weight excluding hydrogens is 279 g/mol. The van der Waals surface area contributed by atoms with Crippen LogP contribution in [0.25, 0.3) is 5.69 Å². The predicted molar refractivity (Wildman–Crippen MR) is 78.5 cm³/mol. The van der Waals surface area contributed by atoms with Crippen LogP contribution in [-0.2, 0) is 0 Å². The van der Waals surface area contributed by atoms with Crippen LogP contribution in [0.3, 0.4) is 0 Å². The summed E-state index contributed by atoms with van der Waals surface area (Å²) in [6.45, 7) is 0. The van der Waals surface area contributed by atoms with E-state index in [2.05, 4.69) is 21.9 Å². The van der Waals surface area contributed by atoms with Gasteiger partial charge in [0.2, 0.25) is 0 Å². The summed E-state index contributed by atoms with van der Waals surface area (Å²) in [6.07, 6.45) is 6.61. The van der Waals surface area contributed by atoms with Crippen molar-refractivity contribution in [3.63, 3.8) is 0 Å². The summed E-state index contributed by atoms with van der Waals surface area (Å²) in [5.74, 6) is 5.49. The van der Waals surface area contributed by atoms with Gasteiger partial charge in [0.25, 0.3) is 0 Å². The number of nitrogens with zero attached hydrogens (tertiary/aromatic N) is 4. The molecule has 0 atom stereocenters. The summed E-state index contributed by atoms with van der Waals surface area (Å²) < 4.78 is 14.9. The van der Waals surface area contributed by atoms with E-state index in [1.54, 1.807) is 30.9 Å². The third-order valence-corrected chi connectivity index (χ3v) is 2.89. The molecule has 0 aliphatic carbocycles. The maximum Gasteiger partial charge on any atom is 0.126 e. The van der Waals surface area contributed by atoms with E-state index in [0.29, 0.717) is 11.3 Å². The maximum absolute atomic E-state index is 13.5. The van der Waals surface area contributed by atoms with Gasteiger partial charge in [-0.25, -0.2) is 9.07 Å². The molecule has 0 radical (unpaired) electrons. The number of rotatable bonds is 1. The van der Waals surface area contributed by atoms with Crippen LogP contribution in [0.5, 0.6) is 0 Å². The average molecular weight is 288 g/mol. The summed E-state index contributed by atoms with van der Waals surface area (Å²) in [4.78, 5) is 3.92. The van der Waals surface area contributed by atoms with Crippen LogP contribution in [0.15, 0.2) is 55.1 Å². The maximum atomic E-state index is 13.5. The Morgan fingerprint density at radius 2 is 1.77 bits per heavy atom. The number of halogens is 1. The molecule has 0 N–H and O–H groups in total. The van der Waals surface area contributed by atoms with Gasteiger partial charge in [-0.1, -0.05) is 11.8 Å². The molecule has 2 heterocycles. The quantitative estimate of drug-likeness (QED) is 0.647. The lowest BCUT2D eigenvalue weighted by atomic mass is 10.2. The highest BCUT2D eigenvalue weighted by atomic mass is 19.1. The first-order valence-electron chi connectivity index (χ1n) is 6.42. The molecule has 1 aromatic carbocycles. The Labute approximate surface area is 126 Å². The van der Waals surface area contributed by atoms with E-state index in [1.165, 1.54) is 16.8 Å². The van der Waals surface area contributed by atoms with Crippen molar-refractivity contribution in [2.24, 2.45) is 0 Å². The summed E-state index contributed by atoms with van der Waals surface area (Å²) in [6, 6.07) is 9.59. The van der Waals surface area contributed by atoms with Crippen molar-refractivity contribution in [1.82, 2.24) is 14.8 Å². The van der Waals surface area contributed by atoms with Crippen molar-refractivity contribution < 1.29 is 4.39 Å². The lowest BCUT2D eigenvalue weighted by molar-refractivity contribution is 0.625. The van der Waals surface area contributed by atoms with Crippen LogP contribution in [0.4, 0.5) is 4.39 Å². The zero-order valence-corrected chi connectivity index (χ0v) is 11.4. The van der Waals surface area contributed by atoms with Gasteiger partial charge in [-0.05, 0) is 30.3 Å². The minimum atomic E-state index is -0.478. The van der Waals surface area contributed by atoms with Gasteiger partial charge in [-0.3, -0.25) is 4.98 Å². The van der Waals surface area contributed by atoms with Gasteiger partial charge in [0.1, 0.15) is 5.82 Å². The summed E-state index contributed by atoms with van der Waals surface area (Å²) in [7, 11) is 0. The van der Waals surface area contributed by atoms with Gasteiger partial charge in [0.05, 0.1) is 29.1 Å². The van der Waals surface area contributed by atoms with Gasteiger partial charge in [-0.15, -0.1) is 0 Å². The van der Waals surface area contributed by atoms with Crippen LogP contribution in [0.1, 0.15) is 16.7 Å². The van der Waals surface area contributed by atoms with Crippen LogP contribution in [0.2, 0.25) is 0 Å². The molecule has 0 fully saturated rings. The molecule has 5 heteroatoms. The number of aromatic nitrogens is 3. The number of hydrogen-bond donors (Lipinski definition) is 0. The van der Waals surface area contributed by atoms with E-state index in [0.717, 1.165) is 5.56 Å². The number of nitriles is 1. The molecule has 0 unspecified atom stereocenters. The van der Waals surface area contributed by atoms with Crippen molar-refractivity contribution in [2.45, 2.75) is 0 Å². The number of benzene rings is 1. The Balaban J connectivity index is 1.90. The highest BCUT2D eigenvalue weighted by Gasteiger charge is 2.04. The van der Waals surface area contributed by atoms with E-state index < -0.39 is 5.82 Å². The monoisotopic (exact) mass is 288 g/mol. The molecule has 0 amide bonds. The molecule has 2 aromatic heterocycles. The molecule has 0 saturated carbocycles. The fraction of sp³-hybridized carbons (Fsp3) is 0. The molecule has 0 aliphatic rings. The highest BCUT2D eigenvalue weighted by molar-refractivity contribution is 5.44. The highest BCUT2D eigenvalue weighted by Crippen LogP contribution is 2.13. The van der Waals surface area contributed by atoms with Gasteiger partial charge in [0.15, 0.2) is 0 Å². The summed E-state index contributed by atoms with van der Waals surface area (Å²) in [5, 5.41) is 13.0. The van der Waals surface area contributed by atoms with E-state index >= 15 is 0 Å². The number of hydrogen-bond acceptors (Lipinski definition) is 3. The van der Waals surface area contributed by atoms with Crippen molar-refractivity contribution >= 4 is 0 Å². The minimum Gasteiger partial charge on any atom is -0.265 e. The molecule has 4 nitrogen and oxygen atoms in total.